The van der Waals surface area contributed by atoms with Gasteiger partial charge in [-0.1, -0.05) is 32.6 Å². The normalized spacial score (nSPS) is 10.9. The Morgan fingerprint density at radius 1 is 1.06 bits per heavy atom. The van der Waals surface area contributed by atoms with Gasteiger partial charge in [0, 0.05) is 6.07 Å². The summed E-state index contributed by atoms with van der Waals surface area (Å²) in [4.78, 5) is 0. The highest BCUT2D eigenvalue weighted by molar-refractivity contribution is 5.75. The van der Waals surface area contributed by atoms with E-state index in [9.17, 15) is 0 Å². The predicted molar refractivity (Wildman–Crippen MR) is 68.1 cm³/mol. The van der Waals surface area contributed by atoms with Crippen molar-refractivity contribution >= 4 is 11.0 Å². The summed E-state index contributed by atoms with van der Waals surface area (Å²) in [5.41, 5.74) is 1.73. The van der Waals surface area contributed by atoms with Crippen LogP contribution in [0, 0.1) is 0 Å². The van der Waals surface area contributed by atoms with Crippen LogP contribution in [0.1, 0.15) is 39.0 Å². The van der Waals surface area contributed by atoms with E-state index in [-0.39, 0.29) is 0 Å². The number of rotatable bonds is 7. The number of nitrogens with one attached hydrogen (secondary N) is 1. The summed E-state index contributed by atoms with van der Waals surface area (Å²) >= 11 is 0. The van der Waals surface area contributed by atoms with Gasteiger partial charge in [-0.05, 0) is 18.6 Å². The smallest absolute Gasteiger partial charge is 0.121 e. The number of aromatic nitrogens is 3. The van der Waals surface area contributed by atoms with Crippen molar-refractivity contribution in [3.8, 4) is 5.75 Å². The molecular formula is C13H19N3O. The molecule has 0 saturated carbocycles. The first kappa shape index (κ1) is 11.9. The third-order valence-corrected chi connectivity index (χ3v) is 2.80. The van der Waals surface area contributed by atoms with Crippen molar-refractivity contribution in [1.29, 1.82) is 0 Å². The molecule has 0 amide bonds. The van der Waals surface area contributed by atoms with E-state index < -0.39 is 0 Å². The molecule has 0 bridgehead atoms. The van der Waals surface area contributed by atoms with E-state index in [2.05, 4.69) is 22.3 Å². The van der Waals surface area contributed by atoms with Crippen LogP contribution in [0.3, 0.4) is 0 Å². The molecular weight excluding hydrogens is 214 g/mol. The summed E-state index contributed by atoms with van der Waals surface area (Å²) in [6, 6.07) is 5.78. The number of H-pyrrole nitrogens is 1. The highest BCUT2D eigenvalue weighted by Crippen LogP contribution is 2.17. The Bertz CT molecular complexity index is 453. The number of unbranched alkanes of at least 4 members (excludes halogenated alkanes) is 4. The fraction of sp³-hybridized carbons (Fsp3) is 0.538. The van der Waals surface area contributed by atoms with Gasteiger partial charge in [-0.2, -0.15) is 15.4 Å². The molecule has 1 N–H and O–H groups in total. The molecule has 1 heterocycles. The lowest BCUT2D eigenvalue weighted by molar-refractivity contribution is 0.305. The second kappa shape index (κ2) is 6.23. The minimum Gasteiger partial charge on any atom is -0.494 e. The number of ether oxygens (including phenoxy) is 1. The van der Waals surface area contributed by atoms with Crippen LogP contribution in [-0.4, -0.2) is 22.0 Å². The molecule has 0 radical (unpaired) electrons. The zero-order valence-corrected chi connectivity index (χ0v) is 10.3. The lowest BCUT2D eigenvalue weighted by Gasteiger charge is -2.05. The summed E-state index contributed by atoms with van der Waals surface area (Å²) < 4.78 is 5.68. The highest BCUT2D eigenvalue weighted by atomic mass is 16.5. The fourth-order valence-electron chi connectivity index (χ4n) is 1.81. The van der Waals surface area contributed by atoms with E-state index in [0.29, 0.717) is 0 Å². The van der Waals surface area contributed by atoms with Gasteiger partial charge in [-0.25, -0.2) is 0 Å². The van der Waals surface area contributed by atoms with Crippen LogP contribution >= 0.6 is 0 Å². The van der Waals surface area contributed by atoms with Gasteiger partial charge < -0.3 is 4.74 Å². The van der Waals surface area contributed by atoms with Crippen LogP contribution < -0.4 is 4.74 Å². The van der Waals surface area contributed by atoms with Crippen molar-refractivity contribution in [2.24, 2.45) is 0 Å². The van der Waals surface area contributed by atoms with Gasteiger partial charge in [0.2, 0.25) is 0 Å². The third kappa shape index (κ3) is 3.44. The second-order valence-electron chi connectivity index (χ2n) is 4.24. The van der Waals surface area contributed by atoms with Crippen LogP contribution in [0.15, 0.2) is 18.2 Å². The van der Waals surface area contributed by atoms with Crippen molar-refractivity contribution < 1.29 is 4.74 Å². The van der Waals surface area contributed by atoms with Crippen LogP contribution in [0.4, 0.5) is 0 Å². The molecule has 0 unspecified atom stereocenters. The van der Waals surface area contributed by atoms with Gasteiger partial charge >= 0.3 is 0 Å². The Kier molecular flexibility index (Phi) is 4.36. The fourth-order valence-corrected chi connectivity index (χ4v) is 1.81. The van der Waals surface area contributed by atoms with Crippen LogP contribution in [0.5, 0.6) is 5.75 Å². The summed E-state index contributed by atoms with van der Waals surface area (Å²) in [5.74, 6) is 0.877. The van der Waals surface area contributed by atoms with Crippen molar-refractivity contribution in [2.75, 3.05) is 6.61 Å². The van der Waals surface area contributed by atoms with Crippen molar-refractivity contribution in [3.63, 3.8) is 0 Å². The standard InChI is InChI=1S/C13H19N3O/c1-2-3-4-5-6-9-17-11-7-8-12-13(10-11)15-16-14-12/h7-8,10H,2-6,9H2,1H3,(H,14,15,16). The monoisotopic (exact) mass is 233 g/mol. The maximum Gasteiger partial charge on any atom is 0.121 e. The minimum absolute atomic E-state index is 0.785. The number of nitrogens with zero attached hydrogens (tertiary/aromatic N) is 2. The number of hydrogen-bond donors (Lipinski definition) is 1. The van der Waals surface area contributed by atoms with E-state index in [4.69, 9.17) is 4.74 Å². The highest BCUT2D eigenvalue weighted by Gasteiger charge is 2.00. The average Bonchev–Trinajstić information content (AvgIpc) is 2.81. The van der Waals surface area contributed by atoms with Gasteiger partial charge in [0.15, 0.2) is 0 Å². The molecule has 0 aliphatic rings. The van der Waals surface area contributed by atoms with E-state index in [1.807, 2.05) is 18.2 Å². The zero-order chi connectivity index (χ0) is 11.9. The molecule has 1 aromatic heterocycles. The Morgan fingerprint density at radius 2 is 1.88 bits per heavy atom. The van der Waals surface area contributed by atoms with Crippen LogP contribution in [0.2, 0.25) is 0 Å². The summed E-state index contributed by atoms with van der Waals surface area (Å²) in [7, 11) is 0. The summed E-state index contributed by atoms with van der Waals surface area (Å²) in [6.45, 7) is 3.01. The quantitative estimate of drug-likeness (QED) is 0.746. The number of benzene rings is 1. The zero-order valence-electron chi connectivity index (χ0n) is 10.3. The molecule has 2 rings (SSSR count). The van der Waals surface area contributed by atoms with Gasteiger partial charge in [0.1, 0.15) is 16.8 Å². The molecule has 4 nitrogen and oxygen atoms in total. The topological polar surface area (TPSA) is 50.8 Å². The van der Waals surface area contributed by atoms with Gasteiger partial charge in [-0.3, -0.25) is 0 Å². The molecule has 92 valence electrons. The molecule has 2 aromatic rings. The summed E-state index contributed by atoms with van der Waals surface area (Å²) in [5, 5.41) is 10.6. The molecule has 1 aromatic carbocycles. The second-order valence-corrected chi connectivity index (χ2v) is 4.24. The lowest BCUT2D eigenvalue weighted by atomic mass is 10.2. The number of aromatic amines is 1. The Balaban J connectivity index is 1.75. The largest absolute Gasteiger partial charge is 0.494 e. The molecule has 0 aliphatic heterocycles. The number of hydrogen-bond acceptors (Lipinski definition) is 3. The van der Waals surface area contributed by atoms with Gasteiger partial charge in [-0.15, -0.1) is 0 Å². The molecule has 0 atom stereocenters. The molecule has 17 heavy (non-hydrogen) atoms. The van der Waals surface area contributed by atoms with Gasteiger partial charge in [0.05, 0.1) is 6.61 Å². The first-order valence-corrected chi connectivity index (χ1v) is 6.33. The first-order chi connectivity index (χ1) is 8.40. The molecule has 4 heteroatoms. The number of fused-ring (bicyclic) bond motifs is 1. The SMILES string of the molecule is CCCCCCCOc1ccc2n[nH]nc2c1. The Labute approximate surface area is 101 Å². The predicted octanol–water partition coefficient (Wildman–Crippen LogP) is 3.31. The molecule has 0 aliphatic carbocycles. The van der Waals surface area contributed by atoms with E-state index >= 15 is 0 Å². The Hall–Kier alpha value is -1.58. The molecule has 0 fully saturated rings. The Morgan fingerprint density at radius 3 is 2.76 bits per heavy atom. The summed E-state index contributed by atoms with van der Waals surface area (Å²) in [6.07, 6.45) is 6.29. The average molecular weight is 233 g/mol. The van der Waals surface area contributed by atoms with Crippen molar-refractivity contribution in [3.05, 3.63) is 18.2 Å². The van der Waals surface area contributed by atoms with E-state index in [0.717, 1.165) is 29.8 Å². The van der Waals surface area contributed by atoms with Gasteiger partial charge in [0.25, 0.3) is 0 Å². The van der Waals surface area contributed by atoms with E-state index in [1.165, 1.54) is 25.7 Å². The van der Waals surface area contributed by atoms with E-state index in [1.54, 1.807) is 0 Å². The molecule has 0 saturated heterocycles. The lowest BCUT2D eigenvalue weighted by Crippen LogP contribution is -1.97. The first-order valence-electron chi connectivity index (χ1n) is 6.33. The minimum atomic E-state index is 0.785. The maximum absolute atomic E-state index is 5.68. The van der Waals surface area contributed by atoms with Crippen LogP contribution in [0.25, 0.3) is 11.0 Å². The maximum atomic E-state index is 5.68. The molecule has 0 spiro atoms. The third-order valence-electron chi connectivity index (χ3n) is 2.80. The van der Waals surface area contributed by atoms with Crippen molar-refractivity contribution in [2.45, 2.75) is 39.0 Å². The van der Waals surface area contributed by atoms with Crippen molar-refractivity contribution in [1.82, 2.24) is 15.4 Å². The van der Waals surface area contributed by atoms with Crippen LogP contribution in [-0.2, 0) is 0 Å².